The molecule has 0 radical (unpaired) electrons. The third-order valence-electron chi connectivity index (χ3n) is 4.46. The van der Waals surface area contributed by atoms with E-state index in [1.54, 1.807) is 22.1 Å². The lowest BCUT2D eigenvalue weighted by Crippen LogP contribution is -2.30. The van der Waals surface area contributed by atoms with Crippen molar-refractivity contribution in [2.45, 2.75) is 0 Å². The van der Waals surface area contributed by atoms with Gasteiger partial charge in [0.25, 0.3) is 0 Å². The minimum absolute atomic E-state index is 0.0653. The molecule has 0 saturated carbocycles. The molecule has 7 nitrogen and oxygen atoms in total. The summed E-state index contributed by atoms with van der Waals surface area (Å²) in [6.07, 6.45) is 0. The standard InChI is InChI=1S/C22H16N6OS/c29-22(26-25-19-13-12-15-7-4-5-10-17(15)23-19)20-24-21(18-11-6-14-30-18)28(27-20)16-8-2-1-3-9-16/h1-14H,(H,23,25)(H,26,29). The summed E-state index contributed by atoms with van der Waals surface area (Å²) >= 11 is 1.54. The highest BCUT2D eigenvalue weighted by molar-refractivity contribution is 7.13. The van der Waals surface area contributed by atoms with Gasteiger partial charge in [-0.1, -0.05) is 42.5 Å². The molecule has 8 heteroatoms. The maximum atomic E-state index is 12.7. The Bertz CT molecular complexity index is 1310. The third-order valence-corrected chi connectivity index (χ3v) is 5.32. The molecular weight excluding hydrogens is 396 g/mol. The molecule has 5 rings (SSSR count). The number of nitrogens with zero attached hydrogens (tertiary/aromatic N) is 4. The van der Waals surface area contributed by atoms with E-state index in [4.69, 9.17) is 0 Å². The molecule has 3 aromatic heterocycles. The predicted molar refractivity (Wildman–Crippen MR) is 118 cm³/mol. The summed E-state index contributed by atoms with van der Waals surface area (Å²) in [6, 6.07) is 25.0. The normalized spacial score (nSPS) is 10.8. The molecule has 30 heavy (non-hydrogen) atoms. The Balaban J connectivity index is 1.41. The highest BCUT2D eigenvalue weighted by Crippen LogP contribution is 2.25. The van der Waals surface area contributed by atoms with Crippen molar-refractivity contribution in [3.05, 3.63) is 90.1 Å². The molecule has 146 valence electrons. The van der Waals surface area contributed by atoms with Crippen LogP contribution in [0.3, 0.4) is 0 Å². The maximum absolute atomic E-state index is 12.7. The minimum Gasteiger partial charge on any atom is -0.282 e. The second-order valence-electron chi connectivity index (χ2n) is 6.45. The van der Waals surface area contributed by atoms with E-state index < -0.39 is 5.91 Å². The Morgan fingerprint density at radius 1 is 0.867 bits per heavy atom. The second-order valence-corrected chi connectivity index (χ2v) is 7.40. The molecule has 2 N–H and O–H groups in total. The van der Waals surface area contributed by atoms with E-state index >= 15 is 0 Å². The van der Waals surface area contributed by atoms with Crippen LogP contribution < -0.4 is 10.9 Å². The predicted octanol–water partition coefficient (Wildman–Crippen LogP) is 4.30. The number of carbonyl (C=O) groups is 1. The number of hydrazine groups is 1. The van der Waals surface area contributed by atoms with Crippen molar-refractivity contribution in [1.29, 1.82) is 0 Å². The van der Waals surface area contributed by atoms with Crippen LogP contribution in [0.25, 0.3) is 27.3 Å². The smallest absolute Gasteiger partial charge is 0.282 e. The molecule has 0 atom stereocenters. The molecule has 0 aliphatic carbocycles. The van der Waals surface area contributed by atoms with Crippen molar-refractivity contribution in [3.63, 3.8) is 0 Å². The molecule has 0 saturated heterocycles. The first kappa shape index (κ1) is 18.0. The van der Waals surface area contributed by atoms with Crippen LogP contribution in [0.4, 0.5) is 5.82 Å². The van der Waals surface area contributed by atoms with Gasteiger partial charge < -0.3 is 0 Å². The molecule has 0 unspecified atom stereocenters. The van der Waals surface area contributed by atoms with Crippen LogP contribution in [0, 0.1) is 0 Å². The van der Waals surface area contributed by atoms with Crippen LogP contribution in [0.5, 0.6) is 0 Å². The van der Waals surface area contributed by atoms with E-state index in [2.05, 4.69) is 25.9 Å². The van der Waals surface area contributed by atoms with Crippen molar-refractivity contribution >= 4 is 34.0 Å². The Morgan fingerprint density at radius 2 is 1.70 bits per heavy atom. The molecule has 0 aliphatic rings. The van der Waals surface area contributed by atoms with Crippen LogP contribution in [-0.2, 0) is 0 Å². The van der Waals surface area contributed by atoms with E-state index in [1.807, 2.05) is 78.2 Å². The van der Waals surface area contributed by atoms with Gasteiger partial charge in [0.05, 0.1) is 16.1 Å². The molecule has 2 aromatic carbocycles. The van der Waals surface area contributed by atoms with Gasteiger partial charge in [-0.3, -0.25) is 15.6 Å². The number of anilines is 1. The Labute approximate surface area is 176 Å². The van der Waals surface area contributed by atoms with Crippen molar-refractivity contribution in [2.24, 2.45) is 0 Å². The molecular formula is C22H16N6OS. The monoisotopic (exact) mass is 412 g/mol. The van der Waals surface area contributed by atoms with Crippen molar-refractivity contribution in [3.8, 4) is 16.4 Å². The fourth-order valence-corrected chi connectivity index (χ4v) is 3.73. The summed E-state index contributed by atoms with van der Waals surface area (Å²) in [5, 5.41) is 7.43. The number of rotatable bonds is 5. The van der Waals surface area contributed by atoms with Gasteiger partial charge in [0.1, 0.15) is 5.82 Å². The highest BCUT2D eigenvalue weighted by atomic mass is 32.1. The topological polar surface area (TPSA) is 84.7 Å². The fraction of sp³-hybridized carbons (Fsp3) is 0. The molecule has 5 aromatic rings. The van der Waals surface area contributed by atoms with Gasteiger partial charge in [-0.2, -0.15) is 0 Å². The quantitative estimate of drug-likeness (QED) is 0.421. The number of fused-ring (bicyclic) bond motifs is 1. The molecule has 0 bridgehead atoms. The number of para-hydroxylation sites is 2. The summed E-state index contributed by atoms with van der Waals surface area (Å²) < 4.78 is 1.68. The van der Waals surface area contributed by atoms with Crippen LogP contribution in [0.2, 0.25) is 0 Å². The maximum Gasteiger partial charge on any atom is 0.309 e. The number of carbonyl (C=O) groups excluding carboxylic acids is 1. The summed E-state index contributed by atoms with van der Waals surface area (Å²) in [6.45, 7) is 0. The number of pyridine rings is 1. The lowest BCUT2D eigenvalue weighted by molar-refractivity contribution is 0.0952. The van der Waals surface area contributed by atoms with Crippen LogP contribution in [0.1, 0.15) is 10.6 Å². The first-order valence-electron chi connectivity index (χ1n) is 9.26. The summed E-state index contributed by atoms with van der Waals surface area (Å²) in [4.78, 5) is 22.6. The van der Waals surface area contributed by atoms with Crippen LogP contribution >= 0.6 is 11.3 Å². The lowest BCUT2D eigenvalue weighted by atomic mass is 10.2. The van der Waals surface area contributed by atoms with E-state index in [0.717, 1.165) is 21.5 Å². The SMILES string of the molecule is O=C(NNc1ccc2ccccc2n1)c1nc(-c2cccs2)n(-c2ccccc2)n1. The molecule has 1 amide bonds. The number of aromatic nitrogens is 4. The summed E-state index contributed by atoms with van der Waals surface area (Å²) in [7, 11) is 0. The molecule has 3 heterocycles. The van der Waals surface area contributed by atoms with Gasteiger partial charge in [-0.15, -0.1) is 16.4 Å². The van der Waals surface area contributed by atoms with Gasteiger partial charge in [-0.25, -0.2) is 14.6 Å². The first-order valence-corrected chi connectivity index (χ1v) is 10.1. The molecule has 0 spiro atoms. The fourth-order valence-electron chi connectivity index (χ4n) is 3.04. The van der Waals surface area contributed by atoms with Crippen LogP contribution in [0.15, 0.2) is 84.2 Å². The Kier molecular flexibility index (Phi) is 4.66. The number of hydrogen-bond donors (Lipinski definition) is 2. The van der Waals surface area contributed by atoms with Crippen molar-refractivity contribution in [1.82, 2.24) is 25.2 Å². The Hall–Kier alpha value is -4.04. The number of hydrogen-bond acceptors (Lipinski definition) is 6. The zero-order chi connectivity index (χ0) is 20.3. The number of benzene rings is 2. The van der Waals surface area contributed by atoms with Gasteiger partial charge in [0.2, 0.25) is 5.82 Å². The average molecular weight is 412 g/mol. The lowest BCUT2D eigenvalue weighted by Gasteiger charge is -2.06. The third kappa shape index (κ3) is 3.51. The van der Waals surface area contributed by atoms with E-state index in [9.17, 15) is 4.79 Å². The zero-order valence-electron chi connectivity index (χ0n) is 15.7. The van der Waals surface area contributed by atoms with Crippen molar-refractivity contribution in [2.75, 3.05) is 5.43 Å². The van der Waals surface area contributed by atoms with Crippen LogP contribution in [-0.4, -0.2) is 25.7 Å². The van der Waals surface area contributed by atoms with Gasteiger partial charge in [0, 0.05) is 5.39 Å². The summed E-state index contributed by atoms with van der Waals surface area (Å²) in [5.41, 5.74) is 7.14. The molecule has 0 aliphatic heterocycles. The first-order chi connectivity index (χ1) is 14.8. The van der Waals surface area contributed by atoms with Gasteiger partial charge in [0.15, 0.2) is 5.82 Å². The van der Waals surface area contributed by atoms with Crippen molar-refractivity contribution < 1.29 is 4.79 Å². The number of amides is 1. The zero-order valence-corrected chi connectivity index (χ0v) is 16.5. The largest absolute Gasteiger partial charge is 0.309 e. The number of thiophene rings is 1. The van der Waals surface area contributed by atoms with E-state index in [-0.39, 0.29) is 5.82 Å². The average Bonchev–Trinajstić information content (AvgIpc) is 3.48. The minimum atomic E-state index is -0.447. The summed E-state index contributed by atoms with van der Waals surface area (Å²) in [5.74, 6) is 0.765. The second kappa shape index (κ2) is 7.76. The molecule has 0 fully saturated rings. The van der Waals surface area contributed by atoms with Gasteiger partial charge >= 0.3 is 5.91 Å². The van der Waals surface area contributed by atoms with E-state index in [0.29, 0.717) is 11.6 Å². The number of nitrogens with one attached hydrogen (secondary N) is 2. The highest BCUT2D eigenvalue weighted by Gasteiger charge is 2.19. The Morgan fingerprint density at radius 3 is 2.53 bits per heavy atom. The van der Waals surface area contributed by atoms with E-state index in [1.165, 1.54) is 0 Å². The van der Waals surface area contributed by atoms with Gasteiger partial charge in [-0.05, 0) is 41.8 Å².